The van der Waals surface area contributed by atoms with Crippen molar-refractivity contribution < 1.29 is 0 Å². The molecule has 0 aliphatic carbocycles. The van der Waals surface area contributed by atoms with Crippen LogP contribution in [0.3, 0.4) is 0 Å². The lowest BCUT2D eigenvalue weighted by atomic mass is 10.3. The molecule has 52 valence electrons. The predicted octanol–water partition coefficient (Wildman–Crippen LogP) is 1.07. The summed E-state index contributed by atoms with van der Waals surface area (Å²) in [5.41, 5.74) is 6.49. The maximum Gasteiger partial charge on any atom is 0.135 e. The van der Waals surface area contributed by atoms with Gasteiger partial charge < -0.3 is 5.73 Å². The van der Waals surface area contributed by atoms with Crippen LogP contribution in [0.4, 0.5) is 5.69 Å². The molecule has 0 bridgehead atoms. The summed E-state index contributed by atoms with van der Waals surface area (Å²) >= 11 is 0. The van der Waals surface area contributed by atoms with Gasteiger partial charge in [-0.15, -0.1) is 18.8 Å². The highest BCUT2D eigenvalue weighted by Crippen LogP contribution is 2.03. The van der Waals surface area contributed by atoms with Gasteiger partial charge in [-0.25, -0.2) is 4.98 Å². The summed E-state index contributed by atoms with van der Waals surface area (Å²) in [5, 5.41) is 0. The molecule has 0 aliphatic rings. The van der Waals surface area contributed by atoms with E-state index in [9.17, 15) is 0 Å². The molecule has 2 N–H and O–H groups in total. The number of terminal acetylenes is 1. The van der Waals surface area contributed by atoms with Gasteiger partial charge in [0.05, 0.1) is 5.69 Å². The normalized spacial score (nSPS) is 7.50. The Morgan fingerprint density at radius 2 is 2.30 bits per heavy atom. The first-order valence-corrected chi connectivity index (χ1v) is 2.51. The number of hydrogen-bond acceptors (Lipinski definition) is 2. The minimum absolute atomic E-state index is 0. The predicted molar refractivity (Wildman–Crippen MR) is 43.8 cm³/mol. The standard InChI is InChI=1S/C7H6N2.ClH/c1-2-7-6(8)4-3-5-9-7;/h1,3-5H,8H2;1H. The first-order chi connectivity index (χ1) is 4.34. The molecule has 3 heteroatoms. The van der Waals surface area contributed by atoms with Crippen molar-refractivity contribution in [2.45, 2.75) is 0 Å². The third-order valence-corrected chi connectivity index (χ3v) is 0.976. The molecule has 1 aromatic heterocycles. The Labute approximate surface area is 65.9 Å². The van der Waals surface area contributed by atoms with Crippen molar-refractivity contribution in [3.8, 4) is 12.3 Å². The van der Waals surface area contributed by atoms with E-state index in [0.29, 0.717) is 11.4 Å². The van der Waals surface area contributed by atoms with E-state index in [4.69, 9.17) is 12.2 Å². The summed E-state index contributed by atoms with van der Waals surface area (Å²) in [7, 11) is 0. The van der Waals surface area contributed by atoms with Crippen molar-refractivity contribution in [3.63, 3.8) is 0 Å². The molecule has 0 unspecified atom stereocenters. The zero-order valence-electron chi connectivity index (χ0n) is 5.24. The zero-order valence-corrected chi connectivity index (χ0v) is 6.06. The smallest absolute Gasteiger partial charge is 0.135 e. The van der Waals surface area contributed by atoms with Crippen LogP contribution in [0, 0.1) is 12.3 Å². The highest BCUT2D eigenvalue weighted by Gasteiger charge is 1.90. The van der Waals surface area contributed by atoms with E-state index in [0.717, 1.165) is 0 Å². The van der Waals surface area contributed by atoms with Gasteiger partial charge in [0, 0.05) is 6.20 Å². The average molecular weight is 155 g/mol. The molecule has 0 atom stereocenters. The number of nitrogens with zero attached hydrogens (tertiary/aromatic N) is 1. The fourth-order valence-corrected chi connectivity index (χ4v) is 0.538. The Kier molecular flexibility index (Phi) is 3.30. The first kappa shape index (κ1) is 8.80. The van der Waals surface area contributed by atoms with E-state index in [1.807, 2.05) is 0 Å². The molecular weight excluding hydrogens is 148 g/mol. The van der Waals surface area contributed by atoms with Gasteiger partial charge in [0.25, 0.3) is 0 Å². The van der Waals surface area contributed by atoms with E-state index < -0.39 is 0 Å². The fraction of sp³-hybridized carbons (Fsp3) is 0. The molecule has 0 aliphatic heterocycles. The first-order valence-electron chi connectivity index (χ1n) is 2.51. The second-order valence-corrected chi connectivity index (χ2v) is 1.59. The molecule has 1 heterocycles. The SMILES string of the molecule is C#Cc1ncccc1N.Cl. The Hall–Kier alpha value is -1.20. The molecule has 0 saturated carbocycles. The monoisotopic (exact) mass is 154 g/mol. The van der Waals surface area contributed by atoms with Crippen molar-refractivity contribution in [2.75, 3.05) is 5.73 Å². The van der Waals surface area contributed by atoms with E-state index >= 15 is 0 Å². The quantitative estimate of drug-likeness (QED) is 0.568. The van der Waals surface area contributed by atoms with Crippen LogP contribution >= 0.6 is 12.4 Å². The minimum Gasteiger partial charge on any atom is -0.396 e. The maximum atomic E-state index is 5.43. The zero-order chi connectivity index (χ0) is 6.69. The maximum absolute atomic E-state index is 5.43. The number of anilines is 1. The van der Waals surface area contributed by atoms with Gasteiger partial charge in [-0.2, -0.15) is 0 Å². The number of halogens is 1. The Balaban J connectivity index is 0.000000810. The van der Waals surface area contributed by atoms with Gasteiger partial charge in [0.15, 0.2) is 0 Å². The molecule has 0 spiro atoms. The van der Waals surface area contributed by atoms with E-state index in [1.165, 1.54) is 0 Å². The number of nitrogen functional groups attached to an aromatic ring is 1. The van der Waals surface area contributed by atoms with Crippen LogP contribution in [-0.2, 0) is 0 Å². The number of pyridine rings is 1. The number of nitrogens with two attached hydrogens (primary N) is 1. The van der Waals surface area contributed by atoms with E-state index in [2.05, 4.69) is 10.9 Å². The molecule has 1 rings (SSSR count). The lowest BCUT2D eigenvalue weighted by Gasteiger charge is -1.92. The summed E-state index contributed by atoms with van der Waals surface area (Å²) in [6.45, 7) is 0. The van der Waals surface area contributed by atoms with Crippen LogP contribution in [0.5, 0.6) is 0 Å². The summed E-state index contributed by atoms with van der Waals surface area (Å²) in [6.07, 6.45) is 6.67. The Morgan fingerprint density at radius 3 is 2.70 bits per heavy atom. The second kappa shape index (κ2) is 3.76. The topological polar surface area (TPSA) is 38.9 Å². The molecule has 0 radical (unpaired) electrons. The van der Waals surface area contributed by atoms with E-state index in [1.54, 1.807) is 18.3 Å². The van der Waals surface area contributed by atoms with Crippen molar-refractivity contribution in [1.82, 2.24) is 4.98 Å². The van der Waals surface area contributed by atoms with Crippen LogP contribution in [0.15, 0.2) is 18.3 Å². The van der Waals surface area contributed by atoms with E-state index in [-0.39, 0.29) is 12.4 Å². The largest absolute Gasteiger partial charge is 0.396 e. The van der Waals surface area contributed by atoms with Crippen LogP contribution in [0.25, 0.3) is 0 Å². The van der Waals surface area contributed by atoms with Gasteiger partial charge in [-0.3, -0.25) is 0 Å². The number of rotatable bonds is 0. The minimum atomic E-state index is 0. The van der Waals surface area contributed by atoms with Crippen molar-refractivity contribution >= 4 is 18.1 Å². The number of aromatic nitrogens is 1. The molecule has 0 saturated heterocycles. The summed E-state index contributed by atoms with van der Waals surface area (Å²) < 4.78 is 0. The van der Waals surface area contributed by atoms with Gasteiger partial charge in [0.2, 0.25) is 0 Å². The molecule has 0 aromatic carbocycles. The van der Waals surface area contributed by atoms with Gasteiger partial charge >= 0.3 is 0 Å². The van der Waals surface area contributed by atoms with Gasteiger partial charge in [-0.05, 0) is 18.1 Å². The van der Waals surface area contributed by atoms with Crippen LogP contribution < -0.4 is 5.73 Å². The lowest BCUT2D eigenvalue weighted by Crippen LogP contribution is -1.91. The highest BCUT2D eigenvalue weighted by molar-refractivity contribution is 5.85. The van der Waals surface area contributed by atoms with Crippen molar-refractivity contribution in [3.05, 3.63) is 24.0 Å². The van der Waals surface area contributed by atoms with Crippen molar-refractivity contribution in [1.29, 1.82) is 0 Å². The van der Waals surface area contributed by atoms with Crippen LogP contribution in [-0.4, -0.2) is 4.98 Å². The lowest BCUT2D eigenvalue weighted by molar-refractivity contribution is 1.29. The summed E-state index contributed by atoms with van der Waals surface area (Å²) in [4.78, 5) is 3.84. The van der Waals surface area contributed by atoms with Crippen LogP contribution in [0.2, 0.25) is 0 Å². The highest BCUT2D eigenvalue weighted by atomic mass is 35.5. The Morgan fingerprint density at radius 1 is 1.60 bits per heavy atom. The summed E-state index contributed by atoms with van der Waals surface area (Å²) in [5.74, 6) is 2.36. The Bertz CT molecular complexity index is 252. The molecule has 0 fully saturated rings. The second-order valence-electron chi connectivity index (χ2n) is 1.59. The van der Waals surface area contributed by atoms with Crippen molar-refractivity contribution in [2.24, 2.45) is 0 Å². The van der Waals surface area contributed by atoms with Gasteiger partial charge in [-0.1, -0.05) is 0 Å². The van der Waals surface area contributed by atoms with Gasteiger partial charge in [0.1, 0.15) is 5.69 Å². The number of hydrogen-bond donors (Lipinski definition) is 1. The third kappa shape index (κ3) is 1.64. The molecule has 2 nitrogen and oxygen atoms in total. The molecular formula is C7H7ClN2. The average Bonchev–Trinajstić information content (AvgIpc) is 1.89. The molecule has 1 aromatic rings. The van der Waals surface area contributed by atoms with Crippen LogP contribution in [0.1, 0.15) is 5.69 Å². The summed E-state index contributed by atoms with van der Waals surface area (Å²) in [6, 6.07) is 3.47. The third-order valence-electron chi connectivity index (χ3n) is 0.976. The fourth-order valence-electron chi connectivity index (χ4n) is 0.538. The molecule has 10 heavy (non-hydrogen) atoms. The molecule has 0 amide bonds.